The van der Waals surface area contributed by atoms with E-state index >= 15 is 0 Å². The molecule has 3 nitrogen and oxygen atoms in total. The van der Waals surface area contributed by atoms with Gasteiger partial charge in [-0.25, -0.2) is 9.37 Å². The zero-order valence-corrected chi connectivity index (χ0v) is 11.8. The number of thioether (sulfide) groups is 1. The SMILES string of the molecule is CSC1CCC(n2c(N)nc3cc(F)ccc32)CC1. The first-order valence-corrected chi connectivity index (χ1v) is 7.93. The van der Waals surface area contributed by atoms with Gasteiger partial charge in [0.05, 0.1) is 11.0 Å². The Kier molecular flexibility index (Phi) is 3.39. The molecular weight excluding hydrogens is 261 g/mol. The second-order valence-electron chi connectivity index (χ2n) is 5.14. The lowest BCUT2D eigenvalue weighted by Gasteiger charge is -2.29. The summed E-state index contributed by atoms with van der Waals surface area (Å²) in [5, 5.41) is 0.768. The molecule has 19 heavy (non-hydrogen) atoms. The summed E-state index contributed by atoms with van der Waals surface area (Å²) in [7, 11) is 0. The highest BCUT2D eigenvalue weighted by molar-refractivity contribution is 7.99. The second-order valence-corrected chi connectivity index (χ2v) is 6.28. The monoisotopic (exact) mass is 279 g/mol. The first-order valence-electron chi connectivity index (χ1n) is 6.65. The maximum atomic E-state index is 13.2. The van der Waals surface area contributed by atoms with E-state index in [1.54, 1.807) is 6.07 Å². The van der Waals surface area contributed by atoms with Crippen molar-refractivity contribution in [2.75, 3.05) is 12.0 Å². The molecule has 2 aromatic rings. The highest BCUT2D eigenvalue weighted by atomic mass is 32.2. The first-order chi connectivity index (χ1) is 9.19. The summed E-state index contributed by atoms with van der Waals surface area (Å²) in [5.74, 6) is 0.247. The van der Waals surface area contributed by atoms with Gasteiger partial charge in [0.15, 0.2) is 0 Å². The van der Waals surface area contributed by atoms with Gasteiger partial charge >= 0.3 is 0 Å². The average Bonchev–Trinajstić information content (AvgIpc) is 2.74. The minimum Gasteiger partial charge on any atom is -0.369 e. The lowest BCUT2D eigenvalue weighted by atomic mass is 9.94. The fraction of sp³-hybridized carbons (Fsp3) is 0.500. The van der Waals surface area contributed by atoms with Crippen LogP contribution in [0.5, 0.6) is 0 Å². The van der Waals surface area contributed by atoms with Crippen molar-refractivity contribution in [1.82, 2.24) is 9.55 Å². The molecule has 0 bridgehead atoms. The van der Waals surface area contributed by atoms with Gasteiger partial charge in [0, 0.05) is 17.4 Å². The van der Waals surface area contributed by atoms with Crippen LogP contribution in [0.25, 0.3) is 11.0 Å². The number of anilines is 1. The lowest BCUT2D eigenvalue weighted by Crippen LogP contribution is -2.20. The van der Waals surface area contributed by atoms with Crippen molar-refractivity contribution < 1.29 is 4.39 Å². The maximum absolute atomic E-state index is 13.2. The van der Waals surface area contributed by atoms with Gasteiger partial charge in [0.1, 0.15) is 5.82 Å². The van der Waals surface area contributed by atoms with Crippen molar-refractivity contribution in [1.29, 1.82) is 0 Å². The number of benzene rings is 1. The molecule has 0 spiro atoms. The molecule has 1 aromatic carbocycles. The Bertz CT molecular complexity index is 588. The van der Waals surface area contributed by atoms with E-state index in [0.717, 1.165) is 23.6 Å². The number of fused-ring (bicyclic) bond motifs is 1. The van der Waals surface area contributed by atoms with E-state index in [1.165, 1.54) is 25.0 Å². The van der Waals surface area contributed by atoms with E-state index in [9.17, 15) is 4.39 Å². The highest BCUT2D eigenvalue weighted by Crippen LogP contribution is 2.36. The Labute approximate surface area is 116 Å². The van der Waals surface area contributed by atoms with Gasteiger partial charge in [-0.15, -0.1) is 0 Å². The molecule has 3 rings (SSSR count). The van der Waals surface area contributed by atoms with Crippen LogP contribution in [0.15, 0.2) is 18.2 Å². The third kappa shape index (κ3) is 2.31. The van der Waals surface area contributed by atoms with E-state index in [4.69, 9.17) is 5.73 Å². The highest BCUT2D eigenvalue weighted by Gasteiger charge is 2.24. The van der Waals surface area contributed by atoms with Gasteiger partial charge in [-0.05, 0) is 44.1 Å². The quantitative estimate of drug-likeness (QED) is 0.913. The molecule has 5 heteroatoms. The normalized spacial score (nSPS) is 23.9. The zero-order chi connectivity index (χ0) is 13.4. The smallest absolute Gasteiger partial charge is 0.201 e. The Morgan fingerprint density at radius 2 is 2.05 bits per heavy atom. The van der Waals surface area contributed by atoms with Crippen LogP contribution in [-0.4, -0.2) is 21.1 Å². The van der Waals surface area contributed by atoms with Crippen LogP contribution in [0.3, 0.4) is 0 Å². The first kappa shape index (κ1) is 12.8. The van der Waals surface area contributed by atoms with Crippen LogP contribution >= 0.6 is 11.8 Å². The molecule has 2 N–H and O–H groups in total. The summed E-state index contributed by atoms with van der Waals surface area (Å²) in [6.07, 6.45) is 6.85. The van der Waals surface area contributed by atoms with Gasteiger partial charge in [-0.2, -0.15) is 11.8 Å². The molecule has 1 aliphatic rings. The topological polar surface area (TPSA) is 43.8 Å². The largest absolute Gasteiger partial charge is 0.369 e. The molecule has 1 saturated carbocycles. The number of halogens is 1. The lowest BCUT2D eigenvalue weighted by molar-refractivity contribution is 0.370. The Morgan fingerprint density at radius 1 is 1.32 bits per heavy atom. The maximum Gasteiger partial charge on any atom is 0.201 e. The molecule has 1 fully saturated rings. The van der Waals surface area contributed by atoms with Crippen LogP contribution in [0, 0.1) is 5.82 Å². The summed E-state index contributed by atoms with van der Waals surface area (Å²) < 4.78 is 15.3. The number of hydrogen-bond acceptors (Lipinski definition) is 3. The van der Waals surface area contributed by atoms with Crippen LogP contribution in [-0.2, 0) is 0 Å². The third-order valence-corrected chi connectivity index (χ3v) is 5.16. The van der Waals surface area contributed by atoms with Gasteiger partial charge in [-0.1, -0.05) is 0 Å². The number of hydrogen-bond donors (Lipinski definition) is 1. The van der Waals surface area contributed by atoms with Crippen molar-refractivity contribution in [2.45, 2.75) is 37.0 Å². The molecule has 0 unspecified atom stereocenters. The van der Waals surface area contributed by atoms with E-state index in [1.807, 2.05) is 11.8 Å². The number of nitrogen functional groups attached to an aromatic ring is 1. The second kappa shape index (κ2) is 5.04. The zero-order valence-electron chi connectivity index (χ0n) is 11.0. The minimum atomic E-state index is -0.261. The third-order valence-electron chi connectivity index (χ3n) is 4.02. The van der Waals surface area contributed by atoms with Gasteiger partial charge in [0.2, 0.25) is 5.95 Å². The molecule has 102 valence electrons. The van der Waals surface area contributed by atoms with Gasteiger partial charge in [0.25, 0.3) is 0 Å². The van der Waals surface area contributed by atoms with Crippen molar-refractivity contribution in [3.8, 4) is 0 Å². The van der Waals surface area contributed by atoms with E-state index in [-0.39, 0.29) is 5.82 Å². The molecule has 0 aliphatic heterocycles. The molecule has 0 saturated heterocycles. The molecule has 1 aromatic heterocycles. The molecule has 0 amide bonds. The average molecular weight is 279 g/mol. The van der Waals surface area contributed by atoms with E-state index < -0.39 is 0 Å². The summed E-state index contributed by atoms with van der Waals surface area (Å²) in [6, 6.07) is 5.12. The van der Waals surface area contributed by atoms with Crippen LogP contribution in [0.2, 0.25) is 0 Å². The fourth-order valence-corrected chi connectivity index (χ4v) is 3.76. The number of imidazole rings is 1. The number of aromatic nitrogens is 2. The Balaban J connectivity index is 1.94. The number of nitrogens with two attached hydrogens (primary N) is 1. The Hall–Kier alpha value is -1.23. The molecule has 0 radical (unpaired) electrons. The molecule has 1 aliphatic carbocycles. The van der Waals surface area contributed by atoms with E-state index in [0.29, 0.717) is 17.5 Å². The van der Waals surface area contributed by atoms with Crippen LogP contribution < -0.4 is 5.73 Å². The predicted octanol–water partition coefficient (Wildman–Crippen LogP) is 3.60. The molecule has 1 heterocycles. The van der Waals surface area contributed by atoms with Gasteiger partial charge in [-0.3, -0.25) is 0 Å². The fourth-order valence-electron chi connectivity index (χ4n) is 3.01. The van der Waals surface area contributed by atoms with Crippen molar-refractivity contribution in [3.63, 3.8) is 0 Å². The number of rotatable bonds is 2. The summed E-state index contributed by atoms with van der Waals surface area (Å²) >= 11 is 1.95. The number of nitrogens with zero attached hydrogens (tertiary/aromatic N) is 2. The summed E-state index contributed by atoms with van der Waals surface area (Å²) in [6.45, 7) is 0. The predicted molar refractivity (Wildman–Crippen MR) is 78.9 cm³/mol. The van der Waals surface area contributed by atoms with Gasteiger partial charge < -0.3 is 10.3 Å². The van der Waals surface area contributed by atoms with Crippen LogP contribution in [0.1, 0.15) is 31.7 Å². The van der Waals surface area contributed by atoms with Crippen molar-refractivity contribution in [3.05, 3.63) is 24.0 Å². The molecule has 0 atom stereocenters. The van der Waals surface area contributed by atoms with Crippen LogP contribution in [0.4, 0.5) is 10.3 Å². The Morgan fingerprint density at radius 3 is 2.74 bits per heavy atom. The standard InChI is InChI=1S/C14H18FN3S/c1-19-11-5-3-10(4-6-11)18-13-7-2-9(15)8-12(13)17-14(18)16/h2,7-8,10-11H,3-6H2,1H3,(H2,16,17). The van der Waals surface area contributed by atoms with E-state index in [2.05, 4.69) is 15.8 Å². The molecular formula is C14H18FN3S. The van der Waals surface area contributed by atoms with Crippen molar-refractivity contribution in [2.24, 2.45) is 0 Å². The van der Waals surface area contributed by atoms with Crippen molar-refractivity contribution >= 4 is 28.7 Å². The summed E-state index contributed by atoms with van der Waals surface area (Å²) in [4.78, 5) is 4.28. The summed E-state index contributed by atoms with van der Waals surface area (Å²) in [5.41, 5.74) is 7.63. The minimum absolute atomic E-state index is 0.261.